The Morgan fingerprint density at radius 2 is 2.00 bits per heavy atom. The van der Waals surface area contributed by atoms with E-state index < -0.39 is 36.4 Å². The Bertz CT molecular complexity index is 1280. The molecule has 0 saturated carbocycles. The lowest BCUT2D eigenvalue weighted by Gasteiger charge is -2.16. The molecule has 11 heteroatoms. The first-order chi connectivity index (χ1) is 17.1. The number of amides is 1. The summed E-state index contributed by atoms with van der Waals surface area (Å²) < 4.78 is 48.6. The standard InChI is InChI=1S/C25H26ClF3N4O3/c1-5-14(3)19(23(28)29)9-16(24(34)31-4)12-33-13-32-21(20(27)6-2)22(25(33)35)36-18-8-15(11-30)7-17(26)10-18/h7-10,13,20,23H,5-6,12H2,1-4H3,(H,31,34). The van der Waals surface area contributed by atoms with Gasteiger partial charge < -0.3 is 10.1 Å². The van der Waals surface area contributed by atoms with Gasteiger partial charge in [0, 0.05) is 23.2 Å². The van der Waals surface area contributed by atoms with Gasteiger partial charge in [-0.05, 0) is 44.0 Å². The maximum absolute atomic E-state index is 14.7. The minimum atomic E-state index is -2.84. The fourth-order valence-electron chi connectivity index (χ4n) is 3.20. The van der Waals surface area contributed by atoms with Crippen molar-refractivity contribution in [3.8, 4) is 17.6 Å². The summed E-state index contributed by atoms with van der Waals surface area (Å²) in [5, 5.41) is 11.7. The number of carbonyl (C=O) groups is 1. The van der Waals surface area contributed by atoms with Crippen molar-refractivity contribution in [3.63, 3.8) is 0 Å². The highest BCUT2D eigenvalue weighted by Crippen LogP contribution is 2.31. The lowest BCUT2D eigenvalue weighted by atomic mass is 10.0. The maximum Gasteiger partial charge on any atom is 0.297 e. The van der Waals surface area contributed by atoms with Crippen molar-refractivity contribution < 1.29 is 22.7 Å². The Hall–Kier alpha value is -3.58. The fraction of sp³-hybridized carbons (Fsp3) is 0.360. The number of nitrogens with zero attached hydrogens (tertiary/aromatic N) is 3. The summed E-state index contributed by atoms with van der Waals surface area (Å²) >= 11 is 6.01. The fourth-order valence-corrected chi connectivity index (χ4v) is 3.43. The largest absolute Gasteiger partial charge is 0.449 e. The van der Waals surface area contributed by atoms with Gasteiger partial charge in [-0.3, -0.25) is 14.2 Å². The quantitative estimate of drug-likeness (QED) is 0.321. The van der Waals surface area contributed by atoms with Gasteiger partial charge in [0.1, 0.15) is 17.6 Å². The number of ether oxygens (including phenoxy) is 1. The number of aromatic nitrogens is 2. The molecule has 1 N–H and O–H groups in total. The van der Waals surface area contributed by atoms with Crippen molar-refractivity contribution in [1.29, 1.82) is 5.26 Å². The van der Waals surface area contributed by atoms with Gasteiger partial charge in [-0.25, -0.2) is 18.2 Å². The zero-order valence-corrected chi connectivity index (χ0v) is 21.0. The van der Waals surface area contributed by atoms with Crippen LogP contribution in [-0.4, -0.2) is 28.9 Å². The minimum Gasteiger partial charge on any atom is -0.449 e. The number of nitriles is 1. The number of hydrogen-bond acceptors (Lipinski definition) is 5. The van der Waals surface area contributed by atoms with E-state index in [9.17, 15) is 28.0 Å². The number of rotatable bonds is 10. The van der Waals surface area contributed by atoms with E-state index in [0.717, 1.165) is 17.0 Å². The molecule has 0 aliphatic rings. The summed E-state index contributed by atoms with van der Waals surface area (Å²) in [5.41, 5.74) is -1.06. The van der Waals surface area contributed by atoms with Gasteiger partial charge in [0.05, 0.1) is 24.5 Å². The van der Waals surface area contributed by atoms with Crippen LogP contribution in [0.2, 0.25) is 5.02 Å². The molecule has 7 nitrogen and oxygen atoms in total. The zero-order chi connectivity index (χ0) is 27.0. The van der Waals surface area contributed by atoms with Crippen LogP contribution in [0.4, 0.5) is 13.2 Å². The second kappa shape index (κ2) is 12.9. The van der Waals surface area contributed by atoms with E-state index in [0.29, 0.717) is 12.0 Å². The molecule has 1 atom stereocenters. The first-order valence-corrected chi connectivity index (χ1v) is 11.5. The molecule has 0 bridgehead atoms. The van der Waals surface area contributed by atoms with Gasteiger partial charge in [-0.2, -0.15) is 5.26 Å². The molecular formula is C25H26ClF3N4O3. The molecule has 192 valence electrons. The SMILES string of the molecule is CCC(C)=C(C=C(Cn1cnc(C(F)CC)c(Oc2cc(Cl)cc(C#N)c2)c1=O)C(=O)NC)C(F)F. The second-order valence-corrected chi connectivity index (χ2v) is 8.23. The maximum atomic E-state index is 14.7. The molecule has 0 spiro atoms. The van der Waals surface area contributed by atoms with Crippen molar-refractivity contribution in [1.82, 2.24) is 14.9 Å². The Labute approximate surface area is 211 Å². The number of hydrogen-bond donors (Lipinski definition) is 1. The van der Waals surface area contributed by atoms with Crippen molar-refractivity contribution >= 4 is 17.5 Å². The smallest absolute Gasteiger partial charge is 0.297 e. The van der Waals surface area contributed by atoms with E-state index in [1.165, 1.54) is 32.2 Å². The number of benzene rings is 1. The molecule has 2 aromatic rings. The molecule has 0 saturated heterocycles. The predicted molar refractivity (Wildman–Crippen MR) is 130 cm³/mol. The first-order valence-electron chi connectivity index (χ1n) is 11.1. The van der Waals surface area contributed by atoms with Gasteiger partial charge in [0.2, 0.25) is 11.7 Å². The van der Waals surface area contributed by atoms with Gasteiger partial charge in [-0.15, -0.1) is 0 Å². The normalized spacial score (nSPS) is 13.2. The van der Waals surface area contributed by atoms with Gasteiger partial charge in [0.15, 0.2) is 0 Å². The van der Waals surface area contributed by atoms with Crippen LogP contribution in [0.5, 0.6) is 11.5 Å². The lowest BCUT2D eigenvalue weighted by Crippen LogP contribution is -2.29. The summed E-state index contributed by atoms with van der Waals surface area (Å²) in [6, 6.07) is 5.94. The summed E-state index contributed by atoms with van der Waals surface area (Å²) in [5.74, 6) is -1.15. The number of likely N-dealkylation sites (N-methyl/N-ethyl adjacent to an activating group) is 1. The number of nitrogens with one attached hydrogen (secondary N) is 1. The Balaban J connectivity index is 2.66. The van der Waals surface area contributed by atoms with Crippen LogP contribution in [0.3, 0.4) is 0 Å². The first kappa shape index (κ1) is 28.7. The molecule has 0 aliphatic carbocycles. The van der Waals surface area contributed by atoms with Crippen LogP contribution in [0.15, 0.2) is 52.1 Å². The third kappa shape index (κ3) is 6.98. The molecule has 2 rings (SSSR count). The van der Waals surface area contributed by atoms with E-state index in [1.807, 2.05) is 6.07 Å². The summed E-state index contributed by atoms with van der Waals surface area (Å²) in [7, 11) is 1.33. The van der Waals surface area contributed by atoms with Gasteiger partial charge in [-0.1, -0.05) is 31.0 Å². The van der Waals surface area contributed by atoms with E-state index in [4.69, 9.17) is 16.3 Å². The number of allylic oxidation sites excluding steroid dienone is 3. The Morgan fingerprint density at radius 1 is 1.31 bits per heavy atom. The molecule has 1 unspecified atom stereocenters. The van der Waals surface area contributed by atoms with Crippen LogP contribution in [0.25, 0.3) is 0 Å². The minimum absolute atomic E-state index is 0.00353. The van der Waals surface area contributed by atoms with E-state index in [1.54, 1.807) is 13.8 Å². The third-order valence-corrected chi connectivity index (χ3v) is 5.56. The monoisotopic (exact) mass is 522 g/mol. The summed E-state index contributed by atoms with van der Waals surface area (Å²) in [6.07, 6.45) is -2.08. The molecule has 1 aromatic heterocycles. The molecule has 0 aliphatic heterocycles. The van der Waals surface area contributed by atoms with E-state index >= 15 is 0 Å². The van der Waals surface area contributed by atoms with Crippen LogP contribution in [0.1, 0.15) is 51.0 Å². The molecule has 1 amide bonds. The van der Waals surface area contributed by atoms with E-state index in [2.05, 4.69) is 10.3 Å². The Morgan fingerprint density at radius 3 is 2.56 bits per heavy atom. The third-order valence-electron chi connectivity index (χ3n) is 5.35. The van der Waals surface area contributed by atoms with Crippen LogP contribution in [-0.2, 0) is 11.3 Å². The molecule has 1 aromatic carbocycles. The van der Waals surface area contributed by atoms with Crippen molar-refractivity contribution in [2.45, 2.75) is 52.8 Å². The molecule has 1 heterocycles. The van der Waals surface area contributed by atoms with Gasteiger partial charge >= 0.3 is 0 Å². The highest BCUT2D eigenvalue weighted by Gasteiger charge is 2.23. The van der Waals surface area contributed by atoms with E-state index in [-0.39, 0.29) is 39.6 Å². The predicted octanol–water partition coefficient (Wildman–Crippen LogP) is 5.65. The number of alkyl halides is 3. The van der Waals surface area contributed by atoms with Crippen molar-refractivity contribution in [2.24, 2.45) is 0 Å². The number of halogens is 4. The van der Waals surface area contributed by atoms with Gasteiger partial charge in [0.25, 0.3) is 12.0 Å². The molecule has 0 radical (unpaired) electrons. The van der Waals surface area contributed by atoms with Crippen molar-refractivity contribution in [2.75, 3.05) is 7.05 Å². The molecular weight excluding hydrogens is 497 g/mol. The highest BCUT2D eigenvalue weighted by atomic mass is 35.5. The van der Waals surface area contributed by atoms with Crippen molar-refractivity contribution in [3.05, 3.63) is 74.0 Å². The van der Waals surface area contributed by atoms with Crippen LogP contribution in [0, 0.1) is 11.3 Å². The summed E-state index contributed by atoms with van der Waals surface area (Å²) in [6.45, 7) is 4.35. The van der Waals surface area contributed by atoms with Crippen LogP contribution >= 0.6 is 11.6 Å². The topological polar surface area (TPSA) is 97.0 Å². The Kier molecular flexibility index (Phi) is 10.3. The average molecular weight is 523 g/mol. The average Bonchev–Trinajstić information content (AvgIpc) is 2.86. The summed E-state index contributed by atoms with van der Waals surface area (Å²) in [4.78, 5) is 29.8. The highest BCUT2D eigenvalue weighted by molar-refractivity contribution is 6.30. The molecule has 0 fully saturated rings. The second-order valence-electron chi connectivity index (χ2n) is 7.80. The lowest BCUT2D eigenvalue weighted by molar-refractivity contribution is -0.117. The van der Waals surface area contributed by atoms with Crippen LogP contribution < -0.4 is 15.6 Å². The molecule has 36 heavy (non-hydrogen) atoms. The zero-order valence-electron chi connectivity index (χ0n) is 20.2. The number of carbonyl (C=O) groups excluding carboxylic acids is 1.